The maximum atomic E-state index is 11.9. The number of hydrogen-bond donors (Lipinski definition) is 1. The highest BCUT2D eigenvalue weighted by Crippen LogP contribution is 2.35. The molecule has 0 spiro atoms. The van der Waals surface area contributed by atoms with Crippen molar-refractivity contribution in [3.05, 3.63) is 18.2 Å². The predicted octanol–water partition coefficient (Wildman–Crippen LogP) is 0.182. The first kappa shape index (κ1) is 12.3. The number of hydrogen-bond acceptors (Lipinski definition) is 5. The van der Waals surface area contributed by atoms with Crippen molar-refractivity contribution in [2.45, 2.75) is 6.04 Å². The Morgan fingerprint density at radius 3 is 2.84 bits per heavy atom. The van der Waals surface area contributed by atoms with Crippen LogP contribution in [0.3, 0.4) is 0 Å². The fraction of sp³-hybridized carbons (Fsp3) is 0.462. The SMILES string of the molecule is O=C1COCC(CO)N1c1ccc2c(c1)OCCO2. The van der Waals surface area contributed by atoms with Gasteiger partial charge in [0.05, 0.1) is 19.3 Å². The first-order valence-electron chi connectivity index (χ1n) is 6.20. The van der Waals surface area contributed by atoms with Crippen molar-refractivity contribution < 1.29 is 24.1 Å². The predicted molar refractivity (Wildman–Crippen MR) is 66.6 cm³/mol. The molecule has 6 nitrogen and oxygen atoms in total. The van der Waals surface area contributed by atoms with E-state index in [0.717, 1.165) is 0 Å². The molecule has 0 aromatic heterocycles. The molecule has 0 aliphatic carbocycles. The van der Waals surface area contributed by atoms with Gasteiger partial charge in [0.2, 0.25) is 0 Å². The number of amides is 1. The summed E-state index contributed by atoms with van der Waals surface area (Å²) in [6.07, 6.45) is 0. The Morgan fingerprint density at radius 1 is 1.26 bits per heavy atom. The molecule has 3 rings (SSSR count). The topological polar surface area (TPSA) is 68.2 Å². The van der Waals surface area contributed by atoms with Gasteiger partial charge in [-0.05, 0) is 12.1 Å². The third-order valence-electron chi connectivity index (χ3n) is 3.18. The van der Waals surface area contributed by atoms with Gasteiger partial charge in [0.15, 0.2) is 11.5 Å². The van der Waals surface area contributed by atoms with Gasteiger partial charge in [-0.25, -0.2) is 0 Å². The fourth-order valence-electron chi connectivity index (χ4n) is 2.30. The van der Waals surface area contributed by atoms with Crippen LogP contribution >= 0.6 is 0 Å². The van der Waals surface area contributed by atoms with Crippen LogP contribution in [-0.4, -0.2) is 50.1 Å². The van der Waals surface area contributed by atoms with Gasteiger partial charge in [0, 0.05) is 11.8 Å². The lowest BCUT2D eigenvalue weighted by Crippen LogP contribution is -2.51. The van der Waals surface area contributed by atoms with Crippen molar-refractivity contribution in [2.24, 2.45) is 0 Å². The van der Waals surface area contributed by atoms with Crippen molar-refractivity contribution in [3.8, 4) is 11.5 Å². The molecular formula is C13H15NO5. The second kappa shape index (κ2) is 5.07. The van der Waals surface area contributed by atoms with E-state index in [4.69, 9.17) is 14.2 Å². The number of aliphatic hydroxyl groups is 1. The molecule has 19 heavy (non-hydrogen) atoms. The Balaban J connectivity index is 1.93. The number of rotatable bonds is 2. The maximum absolute atomic E-state index is 11.9. The molecule has 1 saturated heterocycles. The maximum Gasteiger partial charge on any atom is 0.253 e. The highest BCUT2D eigenvalue weighted by atomic mass is 16.6. The second-order valence-electron chi connectivity index (χ2n) is 4.44. The van der Waals surface area contributed by atoms with E-state index in [0.29, 0.717) is 37.0 Å². The van der Waals surface area contributed by atoms with Crippen molar-refractivity contribution in [1.29, 1.82) is 0 Å². The van der Waals surface area contributed by atoms with E-state index in [1.807, 2.05) is 0 Å². The zero-order chi connectivity index (χ0) is 13.2. The number of benzene rings is 1. The molecule has 0 saturated carbocycles. The summed E-state index contributed by atoms with van der Waals surface area (Å²) in [6.45, 7) is 1.25. The molecule has 102 valence electrons. The standard InChI is InChI=1S/C13H15NO5/c15-6-10-7-17-8-13(16)14(10)9-1-2-11-12(5-9)19-4-3-18-11/h1-2,5,10,15H,3-4,6-8H2. The van der Waals surface area contributed by atoms with Crippen LogP contribution in [0.25, 0.3) is 0 Å². The monoisotopic (exact) mass is 265 g/mol. The van der Waals surface area contributed by atoms with E-state index in [9.17, 15) is 9.90 Å². The minimum absolute atomic E-state index is 0.0327. The van der Waals surface area contributed by atoms with Crippen LogP contribution < -0.4 is 14.4 Å². The number of nitrogens with zero attached hydrogens (tertiary/aromatic N) is 1. The molecule has 2 aliphatic heterocycles. The van der Waals surface area contributed by atoms with Gasteiger partial charge >= 0.3 is 0 Å². The van der Waals surface area contributed by atoms with E-state index in [1.165, 1.54) is 0 Å². The molecule has 6 heteroatoms. The molecule has 1 unspecified atom stereocenters. The van der Waals surface area contributed by atoms with Crippen molar-refractivity contribution >= 4 is 11.6 Å². The van der Waals surface area contributed by atoms with E-state index < -0.39 is 0 Å². The molecule has 0 radical (unpaired) electrons. The average Bonchev–Trinajstić information content (AvgIpc) is 2.46. The summed E-state index contributed by atoms with van der Waals surface area (Å²) in [5.41, 5.74) is 0.691. The number of aliphatic hydroxyl groups excluding tert-OH is 1. The molecular weight excluding hydrogens is 250 g/mol. The van der Waals surface area contributed by atoms with Crippen molar-refractivity contribution in [3.63, 3.8) is 0 Å². The van der Waals surface area contributed by atoms with E-state index in [2.05, 4.69) is 0 Å². The number of carbonyl (C=O) groups excluding carboxylic acids is 1. The Labute approximate surface area is 110 Å². The Kier molecular flexibility index (Phi) is 3.27. The summed E-state index contributed by atoms with van der Waals surface area (Å²) in [5, 5.41) is 9.35. The third kappa shape index (κ3) is 2.24. The van der Waals surface area contributed by atoms with Gasteiger partial charge < -0.3 is 24.2 Å². The van der Waals surface area contributed by atoms with E-state index in [1.54, 1.807) is 23.1 Å². The first-order chi connectivity index (χ1) is 9.29. The van der Waals surface area contributed by atoms with Gasteiger partial charge in [0.25, 0.3) is 5.91 Å². The molecule has 1 fully saturated rings. The zero-order valence-electron chi connectivity index (χ0n) is 10.4. The molecule has 1 aromatic carbocycles. The largest absolute Gasteiger partial charge is 0.486 e. The normalized spacial score (nSPS) is 22.5. The van der Waals surface area contributed by atoms with Crippen molar-refractivity contribution in [2.75, 3.05) is 37.9 Å². The smallest absolute Gasteiger partial charge is 0.253 e. The molecule has 2 aliphatic rings. The minimum atomic E-state index is -0.358. The van der Waals surface area contributed by atoms with Crippen LogP contribution in [0.4, 0.5) is 5.69 Å². The molecule has 1 amide bonds. The summed E-state index contributed by atoms with van der Waals surface area (Å²) in [4.78, 5) is 13.5. The average molecular weight is 265 g/mol. The van der Waals surface area contributed by atoms with E-state index >= 15 is 0 Å². The third-order valence-corrected chi connectivity index (χ3v) is 3.18. The lowest BCUT2D eigenvalue weighted by atomic mass is 10.1. The van der Waals surface area contributed by atoms with Crippen LogP contribution in [0, 0.1) is 0 Å². The number of carbonyl (C=O) groups is 1. The molecule has 1 N–H and O–H groups in total. The van der Waals surface area contributed by atoms with Gasteiger partial charge in [-0.1, -0.05) is 0 Å². The van der Waals surface area contributed by atoms with Crippen LogP contribution in [0.2, 0.25) is 0 Å². The van der Waals surface area contributed by atoms with Crippen LogP contribution in [0.5, 0.6) is 11.5 Å². The number of ether oxygens (including phenoxy) is 3. The van der Waals surface area contributed by atoms with Crippen LogP contribution in [0.15, 0.2) is 18.2 Å². The molecule has 2 heterocycles. The second-order valence-corrected chi connectivity index (χ2v) is 4.44. The lowest BCUT2D eigenvalue weighted by Gasteiger charge is -2.34. The van der Waals surface area contributed by atoms with Gasteiger partial charge in [-0.3, -0.25) is 4.79 Å². The number of anilines is 1. The summed E-state index contributed by atoms with van der Waals surface area (Å²) in [6, 6.07) is 4.98. The van der Waals surface area contributed by atoms with Gasteiger partial charge in [0.1, 0.15) is 19.8 Å². The molecule has 1 atom stereocenters. The Morgan fingerprint density at radius 2 is 2.05 bits per heavy atom. The van der Waals surface area contributed by atoms with Crippen LogP contribution in [0.1, 0.15) is 0 Å². The van der Waals surface area contributed by atoms with Gasteiger partial charge in [-0.15, -0.1) is 0 Å². The lowest BCUT2D eigenvalue weighted by molar-refractivity contribution is -0.128. The quantitative estimate of drug-likeness (QED) is 0.826. The summed E-state index contributed by atoms with van der Waals surface area (Å²) in [5.74, 6) is 1.14. The highest BCUT2D eigenvalue weighted by molar-refractivity contribution is 5.95. The van der Waals surface area contributed by atoms with Crippen LogP contribution in [-0.2, 0) is 9.53 Å². The zero-order valence-corrected chi connectivity index (χ0v) is 10.4. The van der Waals surface area contributed by atoms with E-state index in [-0.39, 0.29) is 25.2 Å². The Bertz CT molecular complexity index is 490. The highest BCUT2D eigenvalue weighted by Gasteiger charge is 2.30. The van der Waals surface area contributed by atoms with Crippen molar-refractivity contribution in [1.82, 2.24) is 0 Å². The minimum Gasteiger partial charge on any atom is -0.486 e. The molecule has 0 bridgehead atoms. The number of morpholine rings is 1. The first-order valence-corrected chi connectivity index (χ1v) is 6.20. The summed E-state index contributed by atoms with van der Waals surface area (Å²) >= 11 is 0. The Hall–Kier alpha value is -1.79. The fourth-order valence-corrected chi connectivity index (χ4v) is 2.30. The van der Waals surface area contributed by atoms with Gasteiger partial charge in [-0.2, -0.15) is 0 Å². The molecule has 1 aromatic rings. The summed E-state index contributed by atoms with van der Waals surface area (Å²) < 4.78 is 16.1. The number of fused-ring (bicyclic) bond motifs is 1. The summed E-state index contributed by atoms with van der Waals surface area (Å²) in [7, 11) is 0.